The van der Waals surface area contributed by atoms with Gasteiger partial charge in [0.2, 0.25) is 15.9 Å². The molecule has 112 valence electrons. The highest BCUT2D eigenvalue weighted by atomic mass is 32.2. The van der Waals surface area contributed by atoms with Gasteiger partial charge in [-0.05, 0) is 18.2 Å². The first-order valence-electron chi connectivity index (χ1n) is 6.23. The molecule has 1 aromatic rings. The fourth-order valence-electron chi connectivity index (χ4n) is 1.60. The van der Waals surface area contributed by atoms with Crippen LogP contribution in [0.5, 0.6) is 0 Å². The number of anilines is 1. The molecule has 7 heteroatoms. The molecule has 0 aliphatic rings. The summed E-state index contributed by atoms with van der Waals surface area (Å²) in [5.41, 5.74) is 0.242. The largest absolute Gasteiger partial charge is 0.354 e. The normalized spacial score (nSPS) is 11.4. The van der Waals surface area contributed by atoms with E-state index in [1.807, 2.05) is 0 Å². The van der Waals surface area contributed by atoms with Crippen LogP contribution >= 0.6 is 0 Å². The average molecular weight is 302 g/mol. The van der Waals surface area contributed by atoms with Gasteiger partial charge in [-0.1, -0.05) is 19.9 Å². The van der Waals surface area contributed by atoms with E-state index in [1.54, 1.807) is 13.8 Å². The summed E-state index contributed by atoms with van der Waals surface area (Å²) in [6.07, 6.45) is 1.04. The first-order valence-corrected chi connectivity index (χ1v) is 8.07. The molecule has 0 bridgehead atoms. The number of halogens is 1. The van der Waals surface area contributed by atoms with Gasteiger partial charge in [-0.2, -0.15) is 0 Å². The standard InChI is InChI=1S/C13H19FN2O3S/c1-10(2)13(17)15-7-8-16(20(3,18)19)12-6-4-5-11(14)9-12/h4-6,9-10H,7-8H2,1-3H3,(H,15,17). The van der Waals surface area contributed by atoms with Crippen molar-refractivity contribution in [3.05, 3.63) is 30.1 Å². The molecular formula is C13H19FN2O3S. The van der Waals surface area contributed by atoms with E-state index in [4.69, 9.17) is 0 Å². The van der Waals surface area contributed by atoms with Gasteiger partial charge in [-0.15, -0.1) is 0 Å². The van der Waals surface area contributed by atoms with Crippen molar-refractivity contribution in [2.24, 2.45) is 5.92 Å². The fourth-order valence-corrected chi connectivity index (χ4v) is 2.52. The number of sulfonamides is 1. The van der Waals surface area contributed by atoms with Gasteiger partial charge >= 0.3 is 0 Å². The van der Waals surface area contributed by atoms with Crippen LogP contribution in [-0.4, -0.2) is 33.7 Å². The third-order valence-electron chi connectivity index (χ3n) is 2.64. The second kappa shape index (κ2) is 6.69. The molecule has 5 nitrogen and oxygen atoms in total. The van der Waals surface area contributed by atoms with Gasteiger partial charge in [0.1, 0.15) is 5.82 Å². The third kappa shape index (κ3) is 4.80. The summed E-state index contributed by atoms with van der Waals surface area (Å²) in [7, 11) is -3.54. The van der Waals surface area contributed by atoms with Gasteiger partial charge in [0.25, 0.3) is 0 Å². The minimum atomic E-state index is -3.54. The van der Waals surface area contributed by atoms with Crippen LogP contribution in [0.3, 0.4) is 0 Å². The highest BCUT2D eigenvalue weighted by Gasteiger charge is 2.18. The maximum Gasteiger partial charge on any atom is 0.232 e. The van der Waals surface area contributed by atoms with Crippen molar-refractivity contribution in [3.8, 4) is 0 Å². The number of nitrogens with zero attached hydrogens (tertiary/aromatic N) is 1. The summed E-state index contributed by atoms with van der Waals surface area (Å²) in [5.74, 6) is -0.837. The third-order valence-corrected chi connectivity index (χ3v) is 3.83. The summed E-state index contributed by atoms with van der Waals surface area (Å²) in [6.45, 7) is 3.72. The second-order valence-corrected chi connectivity index (χ2v) is 6.67. The highest BCUT2D eigenvalue weighted by Crippen LogP contribution is 2.17. The molecule has 0 atom stereocenters. The van der Waals surface area contributed by atoms with Crippen molar-refractivity contribution in [1.29, 1.82) is 0 Å². The minimum Gasteiger partial charge on any atom is -0.354 e. The molecule has 0 aliphatic heterocycles. The zero-order chi connectivity index (χ0) is 15.3. The lowest BCUT2D eigenvalue weighted by molar-refractivity contribution is -0.123. The Morgan fingerprint density at radius 3 is 2.55 bits per heavy atom. The van der Waals surface area contributed by atoms with E-state index in [1.165, 1.54) is 18.2 Å². The molecule has 1 aromatic carbocycles. The van der Waals surface area contributed by atoms with Crippen LogP contribution in [0.4, 0.5) is 10.1 Å². The Balaban J connectivity index is 2.80. The Bertz CT molecular complexity index is 573. The van der Waals surface area contributed by atoms with Crippen LogP contribution in [0.15, 0.2) is 24.3 Å². The van der Waals surface area contributed by atoms with Gasteiger partial charge in [0.05, 0.1) is 18.5 Å². The van der Waals surface area contributed by atoms with E-state index in [9.17, 15) is 17.6 Å². The molecule has 1 amide bonds. The van der Waals surface area contributed by atoms with Crippen molar-refractivity contribution in [1.82, 2.24) is 5.32 Å². The monoisotopic (exact) mass is 302 g/mol. The Hall–Kier alpha value is -1.63. The van der Waals surface area contributed by atoms with Gasteiger partial charge in [0.15, 0.2) is 0 Å². The van der Waals surface area contributed by atoms with Gasteiger partial charge in [-0.3, -0.25) is 9.10 Å². The van der Waals surface area contributed by atoms with Crippen LogP contribution in [0.25, 0.3) is 0 Å². The number of hydrogen-bond acceptors (Lipinski definition) is 3. The van der Waals surface area contributed by atoms with Gasteiger partial charge in [0, 0.05) is 12.5 Å². The van der Waals surface area contributed by atoms with E-state index in [-0.39, 0.29) is 30.6 Å². The van der Waals surface area contributed by atoms with E-state index in [2.05, 4.69) is 5.32 Å². The van der Waals surface area contributed by atoms with Gasteiger partial charge < -0.3 is 5.32 Å². The molecule has 0 fully saturated rings. The van der Waals surface area contributed by atoms with Crippen LogP contribution in [0, 0.1) is 11.7 Å². The lowest BCUT2D eigenvalue weighted by atomic mass is 10.2. The maximum absolute atomic E-state index is 13.2. The summed E-state index contributed by atoms with van der Waals surface area (Å²) in [4.78, 5) is 11.4. The molecule has 20 heavy (non-hydrogen) atoms. The molecule has 0 saturated heterocycles. The molecular weight excluding hydrogens is 283 g/mol. The van der Waals surface area contributed by atoms with Crippen LogP contribution < -0.4 is 9.62 Å². The number of carbonyl (C=O) groups excluding carboxylic acids is 1. The van der Waals surface area contributed by atoms with Crippen LogP contribution in [0.1, 0.15) is 13.8 Å². The topological polar surface area (TPSA) is 66.5 Å². The van der Waals surface area contributed by atoms with Crippen molar-refractivity contribution in [2.75, 3.05) is 23.7 Å². The predicted molar refractivity (Wildman–Crippen MR) is 76.4 cm³/mol. The van der Waals surface area contributed by atoms with E-state index < -0.39 is 15.8 Å². The quantitative estimate of drug-likeness (QED) is 0.863. The number of carbonyl (C=O) groups is 1. The molecule has 0 aromatic heterocycles. The highest BCUT2D eigenvalue weighted by molar-refractivity contribution is 7.92. The molecule has 0 heterocycles. The lowest BCUT2D eigenvalue weighted by Crippen LogP contribution is -2.39. The Morgan fingerprint density at radius 2 is 2.05 bits per heavy atom. The van der Waals surface area contributed by atoms with Crippen LogP contribution in [0.2, 0.25) is 0 Å². The number of rotatable bonds is 6. The number of amides is 1. The van der Waals surface area contributed by atoms with Crippen molar-refractivity contribution < 1.29 is 17.6 Å². The summed E-state index contributed by atoms with van der Waals surface area (Å²) >= 11 is 0. The number of hydrogen-bond donors (Lipinski definition) is 1. The minimum absolute atomic E-state index is 0.0563. The smallest absolute Gasteiger partial charge is 0.232 e. The zero-order valence-electron chi connectivity index (χ0n) is 11.8. The second-order valence-electron chi connectivity index (χ2n) is 4.76. The molecule has 1 rings (SSSR count). The van der Waals surface area contributed by atoms with Crippen molar-refractivity contribution in [2.45, 2.75) is 13.8 Å². The molecule has 0 aliphatic carbocycles. The number of nitrogens with one attached hydrogen (secondary N) is 1. The maximum atomic E-state index is 13.2. The van der Waals surface area contributed by atoms with Crippen molar-refractivity contribution >= 4 is 21.6 Å². The zero-order valence-corrected chi connectivity index (χ0v) is 12.6. The average Bonchev–Trinajstić information content (AvgIpc) is 2.32. The number of benzene rings is 1. The first kappa shape index (κ1) is 16.4. The van der Waals surface area contributed by atoms with Crippen LogP contribution in [-0.2, 0) is 14.8 Å². The molecule has 1 N–H and O–H groups in total. The predicted octanol–water partition coefficient (Wildman–Crippen LogP) is 1.36. The van der Waals surface area contributed by atoms with Gasteiger partial charge in [-0.25, -0.2) is 12.8 Å². The van der Waals surface area contributed by atoms with E-state index in [0.717, 1.165) is 16.6 Å². The first-order chi connectivity index (χ1) is 9.21. The van der Waals surface area contributed by atoms with E-state index in [0.29, 0.717) is 0 Å². The SMILES string of the molecule is CC(C)C(=O)NCCN(c1cccc(F)c1)S(C)(=O)=O. The Morgan fingerprint density at radius 1 is 1.40 bits per heavy atom. The summed E-state index contributed by atoms with van der Waals surface area (Å²) < 4.78 is 37.7. The Kier molecular flexibility index (Phi) is 5.50. The van der Waals surface area contributed by atoms with Crippen molar-refractivity contribution in [3.63, 3.8) is 0 Å². The molecule has 0 radical (unpaired) electrons. The fraction of sp³-hybridized carbons (Fsp3) is 0.462. The van der Waals surface area contributed by atoms with E-state index >= 15 is 0 Å². The lowest BCUT2D eigenvalue weighted by Gasteiger charge is -2.22. The molecule has 0 saturated carbocycles. The summed E-state index contributed by atoms with van der Waals surface area (Å²) in [6, 6.07) is 5.33. The summed E-state index contributed by atoms with van der Waals surface area (Å²) in [5, 5.41) is 2.63. The molecule has 0 unspecified atom stereocenters. The molecule has 0 spiro atoms. The Labute approximate surface area is 118 Å².